The van der Waals surface area contributed by atoms with E-state index in [2.05, 4.69) is 15.1 Å². The highest BCUT2D eigenvalue weighted by Gasteiger charge is 1.99. The Hall–Kier alpha value is -0.630. The van der Waals surface area contributed by atoms with E-state index in [1.54, 1.807) is 10.9 Å². The van der Waals surface area contributed by atoms with Crippen LogP contribution in [0.15, 0.2) is 12.4 Å². The molecule has 0 aliphatic rings. The van der Waals surface area contributed by atoms with Gasteiger partial charge in [0, 0.05) is 38.4 Å². The second kappa shape index (κ2) is 6.85. The minimum absolute atomic E-state index is 0. The zero-order valence-corrected chi connectivity index (χ0v) is 10.9. The van der Waals surface area contributed by atoms with Crippen molar-refractivity contribution in [3.63, 3.8) is 0 Å². The third-order valence-electron chi connectivity index (χ3n) is 1.75. The van der Waals surface area contributed by atoms with Crippen LogP contribution in [0, 0.1) is 0 Å². The molecule has 0 aliphatic carbocycles. The molecule has 0 unspecified atom stereocenters. The molecule has 0 atom stereocenters. The average molecular weight is 269 g/mol. The Balaban J connectivity index is 0.00000225. The van der Waals surface area contributed by atoms with Crippen LogP contribution in [0.2, 0.25) is 0 Å². The number of halogens is 1. The Labute approximate surface area is 102 Å². The molecule has 0 saturated carbocycles. The summed E-state index contributed by atoms with van der Waals surface area (Å²) < 4.78 is 25.6. The van der Waals surface area contributed by atoms with Gasteiger partial charge in [0.25, 0.3) is 0 Å². The Morgan fingerprint density at radius 1 is 1.44 bits per heavy atom. The molecule has 0 aromatic carbocycles. The summed E-state index contributed by atoms with van der Waals surface area (Å²) in [6.45, 7) is 1.69. The molecule has 16 heavy (non-hydrogen) atoms. The summed E-state index contributed by atoms with van der Waals surface area (Å²) in [7, 11) is -1.22. The van der Waals surface area contributed by atoms with Gasteiger partial charge in [-0.2, -0.15) is 5.10 Å². The quantitative estimate of drug-likeness (QED) is 0.681. The number of aromatic nitrogens is 2. The fourth-order valence-electron chi connectivity index (χ4n) is 1.12. The SMILES string of the molecule is Cl.Cn1cc(CNCCNS(C)(=O)=O)cn1. The summed E-state index contributed by atoms with van der Waals surface area (Å²) in [5, 5.41) is 7.13. The van der Waals surface area contributed by atoms with E-state index < -0.39 is 10.0 Å². The minimum Gasteiger partial charge on any atom is -0.311 e. The van der Waals surface area contributed by atoms with Crippen LogP contribution in [-0.2, 0) is 23.6 Å². The number of rotatable bonds is 6. The zero-order valence-electron chi connectivity index (χ0n) is 9.30. The lowest BCUT2D eigenvalue weighted by Gasteiger charge is -2.03. The lowest BCUT2D eigenvalue weighted by atomic mass is 10.3. The predicted molar refractivity (Wildman–Crippen MR) is 65.0 cm³/mol. The highest BCUT2D eigenvalue weighted by molar-refractivity contribution is 7.88. The summed E-state index contributed by atoms with van der Waals surface area (Å²) in [5.74, 6) is 0. The van der Waals surface area contributed by atoms with Gasteiger partial charge in [-0.05, 0) is 0 Å². The van der Waals surface area contributed by atoms with Crippen molar-refractivity contribution in [2.45, 2.75) is 6.54 Å². The van der Waals surface area contributed by atoms with Crippen molar-refractivity contribution in [3.8, 4) is 0 Å². The second-order valence-electron chi connectivity index (χ2n) is 3.37. The summed E-state index contributed by atoms with van der Waals surface area (Å²) in [5.41, 5.74) is 1.08. The van der Waals surface area contributed by atoms with E-state index >= 15 is 0 Å². The standard InChI is InChI=1S/C8H16N4O2S.ClH/c1-12-7-8(6-10-12)5-9-3-4-11-15(2,13)14;/h6-7,9,11H,3-5H2,1-2H3;1H. The molecule has 0 fully saturated rings. The normalized spacial score (nSPS) is 11.1. The van der Waals surface area contributed by atoms with Gasteiger partial charge in [-0.1, -0.05) is 0 Å². The Bertz CT molecular complexity index is 404. The van der Waals surface area contributed by atoms with Gasteiger partial charge >= 0.3 is 0 Å². The van der Waals surface area contributed by atoms with Crippen molar-refractivity contribution in [2.24, 2.45) is 7.05 Å². The van der Waals surface area contributed by atoms with Crippen molar-refractivity contribution in [1.29, 1.82) is 0 Å². The molecule has 0 amide bonds. The smallest absolute Gasteiger partial charge is 0.208 e. The fourth-order valence-corrected chi connectivity index (χ4v) is 1.59. The Morgan fingerprint density at radius 2 is 2.12 bits per heavy atom. The van der Waals surface area contributed by atoms with Gasteiger partial charge < -0.3 is 5.32 Å². The maximum atomic E-state index is 10.7. The maximum Gasteiger partial charge on any atom is 0.208 e. The third kappa shape index (κ3) is 6.78. The van der Waals surface area contributed by atoms with Gasteiger partial charge in [-0.15, -0.1) is 12.4 Å². The minimum atomic E-state index is -3.07. The van der Waals surface area contributed by atoms with Crippen molar-refractivity contribution >= 4 is 22.4 Å². The molecule has 94 valence electrons. The summed E-state index contributed by atoms with van der Waals surface area (Å²) >= 11 is 0. The first-order valence-electron chi connectivity index (χ1n) is 4.60. The molecule has 1 heterocycles. The van der Waals surface area contributed by atoms with E-state index in [-0.39, 0.29) is 12.4 Å². The summed E-state index contributed by atoms with van der Waals surface area (Å²) in [6, 6.07) is 0. The van der Waals surface area contributed by atoms with E-state index in [4.69, 9.17) is 0 Å². The van der Waals surface area contributed by atoms with E-state index in [1.165, 1.54) is 0 Å². The number of sulfonamides is 1. The van der Waals surface area contributed by atoms with Crippen LogP contribution in [0.3, 0.4) is 0 Å². The molecule has 2 N–H and O–H groups in total. The van der Waals surface area contributed by atoms with Crippen LogP contribution in [-0.4, -0.2) is 37.5 Å². The number of nitrogens with zero attached hydrogens (tertiary/aromatic N) is 2. The molecule has 1 aromatic rings. The van der Waals surface area contributed by atoms with Crippen LogP contribution in [0.1, 0.15) is 5.56 Å². The van der Waals surface area contributed by atoms with E-state index in [0.717, 1.165) is 11.8 Å². The van der Waals surface area contributed by atoms with Gasteiger partial charge in [0.05, 0.1) is 12.5 Å². The van der Waals surface area contributed by atoms with Gasteiger partial charge in [0.2, 0.25) is 10.0 Å². The summed E-state index contributed by atoms with van der Waals surface area (Å²) in [6.07, 6.45) is 4.84. The lowest BCUT2D eigenvalue weighted by molar-refractivity contribution is 0.582. The molecular weight excluding hydrogens is 252 g/mol. The van der Waals surface area contributed by atoms with Crippen molar-refractivity contribution in [1.82, 2.24) is 19.8 Å². The number of hydrogen-bond acceptors (Lipinski definition) is 4. The molecule has 0 spiro atoms. The second-order valence-corrected chi connectivity index (χ2v) is 5.20. The van der Waals surface area contributed by atoms with Crippen molar-refractivity contribution in [2.75, 3.05) is 19.3 Å². The first-order valence-corrected chi connectivity index (χ1v) is 6.49. The average Bonchev–Trinajstić information content (AvgIpc) is 2.49. The molecule has 6 nitrogen and oxygen atoms in total. The number of hydrogen-bond donors (Lipinski definition) is 2. The van der Waals surface area contributed by atoms with Crippen LogP contribution >= 0.6 is 12.4 Å². The molecular formula is C8H17ClN4O2S. The molecule has 1 aromatic heterocycles. The van der Waals surface area contributed by atoms with E-state index in [9.17, 15) is 8.42 Å². The van der Waals surface area contributed by atoms with Crippen molar-refractivity contribution in [3.05, 3.63) is 18.0 Å². The van der Waals surface area contributed by atoms with Gasteiger partial charge in [0.15, 0.2) is 0 Å². The molecule has 8 heteroatoms. The first kappa shape index (κ1) is 15.4. The maximum absolute atomic E-state index is 10.7. The van der Waals surface area contributed by atoms with Gasteiger partial charge in [-0.3, -0.25) is 4.68 Å². The monoisotopic (exact) mass is 268 g/mol. The fraction of sp³-hybridized carbons (Fsp3) is 0.625. The van der Waals surface area contributed by atoms with Crippen LogP contribution in [0.25, 0.3) is 0 Å². The van der Waals surface area contributed by atoms with E-state index in [0.29, 0.717) is 19.6 Å². The Morgan fingerprint density at radius 3 is 2.62 bits per heavy atom. The molecule has 0 saturated heterocycles. The molecule has 0 radical (unpaired) electrons. The number of aryl methyl sites for hydroxylation is 1. The highest BCUT2D eigenvalue weighted by atomic mass is 35.5. The highest BCUT2D eigenvalue weighted by Crippen LogP contribution is 1.93. The Kier molecular flexibility index (Phi) is 6.58. The van der Waals surface area contributed by atoms with Crippen LogP contribution in [0.5, 0.6) is 0 Å². The third-order valence-corrected chi connectivity index (χ3v) is 2.48. The first-order chi connectivity index (χ1) is 6.97. The van der Waals surface area contributed by atoms with Crippen LogP contribution < -0.4 is 10.0 Å². The van der Waals surface area contributed by atoms with Gasteiger partial charge in [0.1, 0.15) is 0 Å². The molecule has 0 aliphatic heterocycles. The summed E-state index contributed by atoms with van der Waals surface area (Å²) in [4.78, 5) is 0. The van der Waals surface area contributed by atoms with Crippen molar-refractivity contribution < 1.29 is 8.42 Å². The zero-order chi connectivity index (χ0) is 11.3. The lowest BCUT2D eigenvalue weighted by Crippen LogP contribution is -2.30. The largest absolute Gasteiger partial charge is 0.311 e. The molecule has 0 bridgehead atoms. The number of nitrogens with one attached hydrogen (secondary N) is 2. The predicted octanol–water partition coefficient (Wildman–Crippen LogP) is -0.519. The molecule has 1 rings (SSSR count). The topological polar surface area (TPSA) is 76.0 Å². The van der Waals surface area contributed by atoms with Crippen LogP contribution in [0.4, 0.5) is 0 Å². The van der Waals surface area contributed by atoms with Gasteiger partial charge in [-0.25, -0.2) is 13.1 Å². The van der Waals surface area contributed by atoms with E-state index in [1.807, 2.05) is 13.2 Å².